The van der Waals surface area contributed by atoms with Crippen LogP contribution in [0.2, 0.25) is 0 Å². The van der Waals surface area contributed by atoms with Crippen LogP contribution in [0.15, 0.2) is 0 Å². The lowest BCUT2D eigenvalue weighted by Gasteiger charge is -2.08. The molecule has 188 valence electrons. The van der Waals surface area contributed by atoms with Gasteiger partial charge in [-0.1, -0.05) is 136 Å². The molecule has 0 heterocycles. The Kier molecular flexibility index (Phi) is 30.9. The van der Waals surface area contributed by atoms with Crippen molar-refractivity contribution in [2.45, 2.75) is 155 Å². The first kappa shape index (κ1) is 32.6. The summed E-state index contributed by atoms with van der Waals surface area (Å²) in [5, 5.41) is 17.7. The molecule has 0 aliphatic carbocycles. The fourth-order valence-corrected chi connectivity index (χ4v) is 3.45. The zero-order chi connectivity index (χ0) is 23.4. The molecule has 0 radical (unpaired) electrons. The van der Waals surface area contributed by atoms with Gasteiger partial charge < -0.3 is 14.9 Å². The van der Waals surface area contributed by atoms with Crippen LogP contribution in [0.5, 0.6) is 0 Å². The fraction of sp³-hybridized carbons (Fsp3) is 0.963. The Hall–Kier alpha value is -0.610. The summed E-state index contributed by atoms with van der Waals surface area (Å²) in [5.74, 6) is -0.277. The van der Waals surface area contributed by atoms with E-state index < -0.39 is 6.10 Å². The number of esters is 1. The molecule has 0 fully saturated rings. The van der Waals surface area contributed by atoms with Crippen molar-refractivity contribution < 1.29 is 19.7 Å². The molecule has 0 rings (SSSR count). The Morgan fingerprint density at radius 1 is 0.613 bits per heavy atom. The van der Waals surface area contributed by atoms with E-state index in [1.807, 2.05) is 0 Å². The lowest BCUT2D eigenvalue weighted by Crippen LogP contribution is -2.21. The first-order chi connectivity index (χ1) is 15.1. The lowest BCUT2D eigenvalue weighted by molar-refractivity contribution is -0.147. The van der Waals surface area contributed by atoms with Crippen LogP contribution in [-0.4, -0.2) is 35.5 Å². The molecule has 0 aliphatic rings. The van der Waals surface area contributed by atoms with Crippen molar-refractivity contribution >= 4 is 5.97 Å². The second-order valence-electron chi connectivity index (χ2n) is 8.93. The Morgan fingerprint density at radius 3 is 1.26 bits per heavy atom. The van der Waals surface area contributed by atoms with Gasteiger partial charge in [0.05, 0.1) is 6.61 Å². The maximum atomic E-state index is 11.3. The highest BCUT2D eigenvalue weighted by molar-refractivity contribution is 5.69. The highest BCUT2D eigenvalue weighted by Gasteiger charge is 2.07. The molecule has 1 atom stereocenters. The number of unbranched alkanes of at least 4 members (excludes halogenated alkanes) is 17. The largest absolute Gasteiger partial charge is 0.463 e. The SMILES string of the molecule is CCCCCCCC.CCCCCCCCCCCCCCCC(=O)OCC(O)CO. The van der Waals surface area contributed by atoms with Crippen LogP contribution < -0.4 is 0 Å². The Labute approximate surface area is 194 Å². The minimum Gasteiger partial charge on any atom is -0.463 e. The minimum atomic E-state index is -0.953. The van der Waals surface area contributed by atoms with Crippen LogP contribution in [0, 0.1) is 0 Å². The molecule has 0 aliphatic heterocycles. The van der Waals surface area contributed by atoms with Crippen LogP contribution >= 0.6 is 0 Å². The molecule has 0 aromatic carbocycles. The summed E-state index contributed by atoms with van der Waals surface area (Å²) in [6, 6.07) is 0. The number of aliphatic hydroxyl groups excluding tert-OH is 2. The minimum absolute atomic E-state index is 0.103. The van der Waals surface area contributed by atoms with Gasteiger partial charge in [-0.3, -0.25) is 4.79 Å². The van der Waals surface area contributed by atoms with Gasteiger partial charge in [-0.25, -0.2) is 0 Å². The maximum Gasteiger partial charge on any atom is 0.305 e. The fourth-order valence-electron chi connectivity index (χ4n) is 3.45. The summed E-state index contributed by atoms with van der Waals surface area (Å²) in [6.45, 7) is 6.29. The average Bonchev–Trinajstić information content (AvgIpc) is 2.78. The quantitative estimate of drug-likeness (QED) is 0.132. The smallest absolute Gasteiger partial charge is 0.305 e. The predicted molar refractivity (Wildman–Crippen MR) is 133 cm³/mol. The predicted octanol–water partition coefficient (Wildman–Crippen LogP) is 7.73. The third kappa shape index (κ3) is 31.7. The van der Waals surface area contributed by atoms with Crippen LogP contribution in [0.1, 0.15) is 149 Å². The second kappa shape index (κ2) is 29.4. The molecule has 2 N–H and O–H groups in total. The van der Waals surface area contributed by atoms with E-state index in [0.717, 1.165) is 12.8 Å². The van der Waals surface area contributed by atoms with Crippen molar-refractivity contribution in [3.63, 3.8) is 0 Å². The van der Waals surface area contributed by atoms with E-state index in [0.29, 0.717) is 6.42 Å². The first-order valence-electron chi connectivity index (χ1n) is 13.6. The summed E-state index contributed by atoms with van der Waals surface area (Å²) in [7, 11) is 0. The van der Waals surface area contributed by atoms with Crippen molar-refractivity contribution in [2.24, 2.45) is 0 Å². The molecule has 0 saturated heterocycles. The summed E-state index contributed by atoms with van der Waals surface area (Å²) >= 11 is 0. The van der Waals surface area contributed by atoms with Gasteiger partial charge in [-0.15, -0.1) is 0 Å². The van der Waals surface area contributed by atoms with Crippen molar-refractivity contribution in [3.8, 4) is 0 Å². The average molecular weight is 445 g/mol. The van der Waals surface area contributed by atoms with E-state index in [2.05, 4.69) is 20.8 Å². The van der Waals surface area contributed by atoms with Gasteiger partial charge in [-0.05, 0) is 6.42 Å². The standard InChI is InChI=1S/C19H38O4.C8H18/c1-2-3-4-5-6-7-8-9-10-11-12-13-14-15-19(22)23-17-18(21)16-20;1-3-5-7-8-6-4-2/h18,20-21H,2-17H2,1H3;3-8H2,1-2H3. The van der Waals surface area contributed by atoms with E-state index in [-0.39, 0.29) is 19.2 Å². The van der Waals surface area contributed by atoms with E-state index in [1.54, 1.807) is 0 Å². The van der Waals surface area contributed by atoms with Gasteiger partial charge in [0.1, 0.15) is 12.7 Å². The van der Waals surface area contributed by atoms with Crippen LogP contribution in [0.4, 0.5) is 0 Å². The highest BCUT2D eigenvalue weighted by Crippen LogP contribution is 2.13. The molecule has 0 spiro atoms. The summed E-state index contributed by atoms with van der Waals surface area (Å²) < 4.78 is 4.85. The van der Waals surface area contributed by atoms with Crippen LogP contribution in [0.25, 0.3) is 0 Å². The number of rotatable bonds is 22. The van der Waals surface area contributed by atoms with Gasteiger partial charge in [0.2, 0.25) is 0 Å². The first-order valence-corrected chi connectivity index (χ1v) is 13.6. The van der Waals surface area contributed by atoms with Gasteiger partial charge in [0.15, 0.2) is 0 Å². The van der Waals surface area contributed by atoms with Gasteiger partial charge >= 0.3 is 5.97 Å². The molecule has 0 aromatic rings. The highest BCUT2D eigenvalue weighted by atomic mass is 16.5. The molecule has 4 nitrogen and oxygen atoms in total. The second-order valence-corrected chi connectivity index (χ2v) is 8.93. The molecule has 0 saturated carbocycles. The molecule has 0 aromatic heterocycles. The number of ether oxygens (including phenoxy) is 1. The van der Waals surface area contributed by atoms with Crippen molar-refractivity contribution in [2.75, 3.05) is 13.2 Å². The van der Waals surface area contributed by atoms with Crippen LogP contribution in [0.3, 0.4) is 0 Å². The van der Waals surface area contributed by atoms with Crippen molar-refractivity contribution in [3.05, 3.63) is 0 Å². The zero-order valence-corrected chi connectivity index (χ0v) is 21.3. The van der Waals surface area contributed by atoms with Gasteiger partial charge in [0.25, 0.3) is 0 Å². The number of hydrogen-bond acceptors (Lipinski definition) is 4. The number of carbonyl (C=O) groups is 1. The monoisotopic (exact) mass is 444 g/mol. The Balaban J connectivity index is 0. The lowest BCUT2D eigenvalue weighted by atomic mass is 10.0. The third-order valence-electron chi connectivity index (χ3n) is 5.59. The van der Waals surface area contributed by atoms with Crippen molar-refractivity contribution in [1.29, 1.82) is 0 Å². The Morgan fingerprint density at radius 2 is 0.935 bits per heavy atom. The third-order valence-corrected chi connectivity index (χ3v) is 5.59. The Bertz CT molecular complexity index is 327. The summed E-state index contributed by atoms with van der Waals surface area (Å²) in [4.78, 5) is 11.3. The van der Waals surface area contributed by atoms with Crippen LogP contribution in [-0.2, 0) is 9.53 Å². The zero-order valence-electron chi connectivity index (χ0n) is 21.3. The number of carbonyl (C=O) groups excluding carboxylic acids is 1. The van der Waals surface area contributed by atoms with Crippen molar-refractivity contribution in [1.82, 2.24) is 0 Å². The van der Waals surface area contributed by atoms with E-state index >= 15 is 0 Å². The number of aliphatic hydroxyl groups is 2. The summed E-state index contributed by atoms with van der Waals surface area (Å²) in [6.07, 6.45) is 24.6. The van der Waals surface area contributed by atoms with Gasteiger partial charge in [0, 0.05) is 6.42 Å². The van der Waals surface area contributed by atoms with E-state index in [9.17, 15) is 4.79 Å². The number of hydrogen-bond donors (Lipinski definition) is 2. The van der Waals surface area contributed by atoms with Gasteiger partial charge in [-0.2, -0.15) is 0 Å². The molecular weight excluding hydrogens is 388 g/mol. The normalized spacial score (nSPS) is 11.6. The topological polar surface area (TPSA) is 66.8 Å². The summed E-state index contributed by atoms with van der Waals surface area (Å²) in [5.41, 5.74) is 0. The molecule has 4 heteroatoms. The molecule has 0 bridgehead atoms. The molecular formula is C27H56O4. The molecule has 0 amide bonds. The van der Waals surface area contributed by atoms with E-state index in [4.69, 9.17) is 14.9 Å². The molecule has 1 unspecified atom stereocenters. The van der Waals surface area contributed by atoms with E-state index in [1.165, 1.54) is 109 Å². The maximum absolute atomic E-state index is 11.3. The molecule has 31 heavy (non-hydrogen) atoms.